The summed E-state index contributed by atoms with van der Waals surface area (Å²) in [6.07, 6.45) is 4.27. The Balaban J connectivity index is 1.61. The average Bonchev–Trinajstić information content (AvgIpc) is 3.54. The number of hydrogen-bond donors (Lipinski definition) is 1. The molecule has 3 heterocycles. The largest absolute Gasteiger partial charge is 0.467 e. The Hall–Kier alpha value is -4.07. The van der Waals surface area contributed by atoms with Crippen molar-refractivity contribution < 1.29 is 22.8 Å². The lowest BCUT2D eigenvalue weighted by atomic mass is 10.1. The predicted molar refractivity (Wildman–Crippen MR) is 106 cm³/mol. The van der Waals surface area contributed by atoms with Gasteiger partial charge in [0.15, 0.2) is 17.8 Å². The van der Waals surface area contributed by atoms with Gasteiger partial charge in [0.25, 0.3) is 11.8 Å². The van der Waals surface area contributed by atoms with Gasteiger partial charge in [-0.15, -0.1) is 0 Å². The standard InChI is InChI=1S/C22H19N3O5/c1-23-21(26)16-8-6-15(7-9-16)12-25(13-17-4-2-10-28-17)22(27)19-20(30-14-24-19)18-5-3-11-29-18/h2-11,14H,12-13H2,1H3,(H,23,26). The van der Waals surface area contributed by atoms with Crippen molar-refractivity contribution in [2.45, 2.75) is 13.1 Å². The smallest absolute Gasteiger partial charge is 0.277 e. The van der Waals surface area contributed by atoms with Crippen molar-refractivity contribution in [3.05, 3.63) is 90.0 Å². The molecule has 0 saturated heterocycles. The Bertz CT molecular complexity index is 1110. The molecule has 8 nitrogen and oxygen atoms in total. The van der Waals surface area contributed by atoms with Crippen LogP contribution in [0, 0.1) is 0 Å². The van der Waals surface area contributed by atoms with E-state index in [9.17, 15) is 9.59 Å². The van der Waals surface area contributed by atoms with Crippen molar-refractivity contribution in [1.82, 2.24) is 15.2 Å². The van der Waals surface area contributed by atoms with Gasteiger partial charge in [-0.3, -0.25) is 9.59 Å². The molecule has 0 radical (unpaired) electrons. The summed E-state index contributed by atoms with van der Waals surface area (Å²) >= 11 is 0. The second kappa shape index (κ2) is 8.52. The SMILES string of the molecule is CNC(=O)c1ccc(CN(Cc2ccco2)C(=O)c2ncoc2-c2ccco2)cc1. The summed E-state index contributed by atoms with van der Waals surface area (Å²) in [5.74, 6) is 0.819. The van der Waals surface area contributed by atoms with E-state index in [0.29, 0.717) is 17.1 Å². The zero-order valence-electron chi connectivity index (χ0n) is 16.2. The first-order valence-corrected chi connectivity index (χ1v) is 9.25. The van der Waals surface area contributed by atoms with Crippen LogP contribution >= 0.6 is 0 Å². The Morgan fingerprint density at radius 3 is 2.40 bits per heavy atom. The molecule has 0 unspecified atom stereocenters. The molecular formula is C22H19N3O5. The molecule has 0 aliphatic rings. The van der Waals surface area contributed by atoms with Crippen LogP contribution in [-0.2, 0) is 13.1 Å². The summed E-state index contributed by atoms with van der Waals surface area (Å²) in [4.78, 5) is 30.8. The van der Waals surface area contributed by atoms with Crippen LogP contribution < -0.4 is 5.32 Å². The maximum Gasteiger partial charge on any atom is 0.277 e. The fourth-order valence-corrected chi connectivity index (χ4v) is 3.05. The van der Waals surface area contributed by atoms with E-state index in [1.165, 1.54) is 12.7 Å². The van der Waals surface area contributed by atoms with Crippen LogP contribution in [0.15, 0.2) is 80.7 Å². The van der Waals surface area contributed by atoms with Crippen molar-refractivity contribution in [1.29, 1.82) is 0 Å². The summed E-state index contributed by atoms with van der Waals surface area (Å²) < 4.78 is 16.2. The van der Waals surface area contributed by atoms with Crippen LogP contribution in [0.2, 0.25) is 0 Å². The number of carbonyl (C=O) groups excluding carboxylic acids is 2. The molecule has 1 N–H and O–H groups in total. The molecule has 4 rings (SSSR count). The van der Waals surface area contributed by atoms with Gasteiger partial charge in [-0.2, -0.15) is 0 Å². The Morgan fingerprint density at radius 1 is 0.967 bits per heavy atom. The molecule has 8 heteroatoms. The van der Waals surface area contributed by atoms with E-state index in [1.807, 2.05) is 12.1 Å². The first kappa shape index (κ1) is 19.3. The van der Waals surface area contributed by atoms with Crippen LogP contribution in [0.4, 0.5) is 0 Å². The molecule has 0 aliphatic carbocycles. The van der Waals surface area contributed by atoms with Gasteiger partial charge < -0.3 is 23.5 Å². The zero-order chi connectivity index (χ0) is 20.9. The van der Waals surface area contributed by atoms with E-state index < -0.39 is 0 Å². The van der Waals surface area contributed by atoms with Crippen LogP contribution in [0.1, 0.15) is 32.2 Å². The summed E-state index contributed by atoms with van der Waals surface area (Å²) in [6.45, 7) is 0.533. The van der Waals surface area contributed by atoms with E-state index in [-0.39, 0.29) is 36.4 Å². The average molecular weight is 405 g/mol. The van der Waals surface area contributed by atoms with Crippen molar-refractivity contribution in [3.8, 4) is 11.5 Å². The minimum Gasteiger partial charge on any atom is -0.467 e. The number of amides is 2. The molecule has 0 atom stereocenters. The highest BCUT2D eigenvalue weighted by atomic mass is 16.4. The van der Waals surface area contributed by atoms with Gasteiger partial charge in [-0.25, -0.2) is 4.98 Å². The Labute approximate surface area is 172 Å². The monoisotopic (exact) mass is 405 g/mol. The highest BCUT2D eigenvalue weighted by Gasteiger charge is 2.26. The van der Waals surface area contributed by atoms with Crippen LogP contribution in [0.5, 0.6) is 0 Å². The van der Waals surface area contributed by atoms with Gasteiger partial charge in [-0.1, -0.05) is 12.1 Å². The summed E-state index contributed by atoms with van der Waals surface area (Å²) in [5, 5.41) is 2.58. The molecule has 152 valence electrons. The van der Waals surface area contributed by atoms with Crippen molar-refractivity contribution >= 4 is 11.8 Å². The highest BCUT2D eigenvalue weighted by molar-refractivity contribution is 5.97. The summed E-state index contributed by atoms with van der Waals surface area (Å²) in [5.41, 5.74) is 1.55. The minimum absolute atomic E-state index is 0.151. The molecule has 30 heavy (non-hydrogen) atoms. The number of benzene rings is 1. The Morgan fingerprint density at radius 2 is 1.73 bits per heavy atom. The van der Waals surface area contributed by atoms with Crippen molar-refractivity contribution in [2.75, 3.05) is 7.05 Å². The van der Waals surface area contributed by atoms with E-state index in [4.69, 9.17) is 13.3 Å². The number of carbonyl (C=O) groups is 2. The number of nitrogens with zero attached hydrogens (tertiary/aromatic N) is 2. The normalized spacial score (nSPS) is 10.7. The highest BCUT2D eigenvalue weighted by Crippen LogP contribution is 2.25. The summed E-state index contributed by atoms with van der Waals surface area (Å²) in [7, 11) is 1.58. The number of oxazole rings is 1. The first-order chi connectivity index (χ1) is 14.7. The molecule has 0 aliphatic heterocycles. The second-order valence-corrected chi connectivity index (χ2v) is 6.52. The number of aromatic nitrogens is 1. The molecular weight excluding hydrogens is 386 g/mol. The number of hydrogen-bond acceptors (Lipinski definition) is 6. The van der Waals surface area contributed by atoms with Crippen molar-refractivity contribution in [3.63, 3.8) is 0 Å². The van der Waals surface area contributed by atoms with Gasteiger partial charge in [0.2, 0.25) is 5.76 Å². The molecule has 0 fully saturated rings. The van der Waals surface area contributed by atoms with Gasteiger partial charge in [-0.05, 0) is 42.0 Å². The van der Waals surface area contributed by atoms with E-state index in [0.717, 1.165) is 5.56 Å². The zero-order valence-corrected chi connectivity index (χ0v) is 16.2. The molecule has 3 aromatic heterocycles. The van der Waals surface area contributed by atoms with Gasteiger partial charge in [0.05, 0.1) is 19.1 Å². The first-order valence-electron chi connectivity index (χ1n) is 9.25. The third-order valence-electron chi connectivity index (χ3n) is 4.55. The fourth-order valence-electron chi connectivity index (χ4n) is 3.05. The Kier molecular flexibility index (Phi) is 5.47. The topological polar surface area (TPSA) is 102 Å². The van der Waals surface area contributed by atoms with E-state index in [1.54, 1.807) is 54.6 Å². The van der Waals surface area contributed by atoms with Gasteiger partial charge in [0.1, 0.15) is 5.76 Å². The quantitative estimate of drug-likeness (QED) is 0.503. The lowest BCUT2D eigenvalue weighted by molar-refractivity contribution is 0.0712. The van der Waals surface area contributed by atoms with Crippen molar-refractivity contribution in [2.24, 2.45) is 0 Å². The molecule has 4 aromatic rings. The fraction of sp³-hybridized carbons (Fsp3) is 0.136. The molecule has 0 bridgehead atoms. The lowest BCUT2D eigenvalue weighted by Gasteiger charge is -2.21. The van der Waals surface area contributed by atoms with Crippen LogP contribution in [0.3, 0.4) is 0 Å². The molecule has 0 spiro atoms. The minimum atomic E-state index is -0.332. The van der Waals surface area contributed by atoms with E-state index >= 15 is 0 Å². The third kappa shape index (κ3) is 4.02. The summed E-state index contributed by atoms with van der Waals surface area (Å²) in [6, 6.07) is 14.0. The molecule has 2 amide bonds. The number of rotatable bonds is 7. The molecule has 1 aromatic carbocycles. The lowest BCUT2D eigenvalue weighted by Crippen LogP contribution is -2.30. The van der Waals surface area contributed by atoms with Crippen LogP contribution in [0.25, 0.3) is 11.5 Å². The van der Waals surface area contributed by atoms with E-state index in [2.05, 4.69) is 10.3 Å². The number of nitrogens with one attached hydrogen (secondary N) is 1. The van der Waals surface area contributed by atoms with Gasteiger partial charge in [0, 0.05) is 19.2 Å². The maximum absolute atomic E-state index is 13.3. The van der Waals surface area contributed by atoms with Gasteiger partial charge >= 0.3 is 0 Å². The number of furan rings is 2. The molecule has 0 saturated carbocycles. The second-order valence-electron chi connectivity index (χ2n) is 6.52. The van der Waals surface area contributed by atoms with Crippen LogP contribution in [-0.4, -0.2) is 28.7 Å². The predicted octanol–water partition coefficient (Wildman–Crippen LogP) is 3.73. The third-order valence-corrected chi connectivity index (χ3v) is 4.55. The maximum atomic E-state index is 13.3.